The molecule has 110 valence electrons. The maximum atomic E-state index is 13.3. The van der Waals surface area contributed by atoms with E-state index in [1.165, 1.54) is 18.5 Å². The fourth-order valence-corrected chi connectivity index (χ4v) is 1.74. The molecule has 21 heavy (non-hydrogen) atoms. The van der Waals surface area contributed by atoms with Crippen LogP contribution in [0.2, 0.25) is 0 Å². The van der Waals surface area contributed by atoms with Crippen molar-refractivity contribution in [2.75, 3.05) is 11.9 Å². The number of halogens is 1. The van der Waals surface area contributed by atoms with E-state index in [2.05, 4.69) is 10.3 Å². The molecule has 0 aliphatic heterocycles. The van der Waals surface area contributed by atoms with E-state index < -0.39 is 17.6 Å². The highest BCUT2D eigenvalue weighted by Gasteiger charge is 2.13. The van der Waals surface area contributed by atoms with E-state index in [1.54, 1.807) is 10.8 Å². The van der Waals surface area contributed by atoms with Crippen LogP contribution in [0.15, 0.2) is 30.7 Å². The van der Waals surface area contributed by atoms with Gasteiger partial charge in [0.25, 0.3) is 11.8 Å². The summed E-state index contributed by atoms with van der Waals surface area (Å²) in [4.78, 5) is 27.0. The number of nitrogens with two attached hydrogens (primary N) is 2. The van der Waals surface area contributed by atoms with Crippen LogP contribution in [-0.4, -0.2) is 27.9 Å². The average molecular weight is 291 g/mol. The van der Waals surface area contributed by atoms with E-state index in [0.29, 0.717) is 13.1 Å². The molecule has 0 unspecified atom stereocenters. The molecule has 0 atom stereocenters. The fraction of sp³-hybridized carbons (Fsp3) is 0.154. The molecule has 5 N–H and O–H groups in total. The number of amides is 2. The molecule has 0 saturated carbocycles. The third-order valence-electron chi connectivity index (χ3n) is 2.74. The number of aromatic nitrogens is 2. The molecule has 8 heteroatoms. The molecule has 0 fully saturated rings. The lowest BCUT2D eigenvalue weighted by Gasteiger charge is -2.05. The molecule has 0 spiro atoms. The number of nitrogens with zero attached hydrogens (tertiary/aromatic N) is 2. The second-order valence-electron chi connectivity index (χ2n) is 4.30. The van der Waals surface area contributed by atoms with Crippen molar-refractivity contribution in [2.24, 2.45) is 11.5 Å². The lowest BCUT2D eigenvalue weighted by Crippen LogP contribution is -2.16. The van der Waals surface area contributed by atoms with E-state index >= 15 is 0 Å². The molecule has 1 heterocycles. The summed E-state index contributed by atoms with van der Waals surface area (Å²) in [7, 11) is 0. The number of rotatable bonds is 5. The summed E-state index contributed by atoms with van der Waals surface area (Å²) in [5.74, 6) is -2.13. The minimum atomic E-state index is -0.907. The Hall–Kier alpha value is -2.74. The first kappa shape index (κ1) is 14.7. The van der Waals surface area contributed by atoms with Gasteiger partial charge in [0.05, 0.1) is 11.9 Å². The Kier molecular flexibility index (Phi) is 4.29. The Bertz CT molecular complexity index is 683. The van der Waals surface area contributed by atoms with Crippen LogP contribution >= 0.6 is 0 Å². The van der Waals surface area contributed by atoms with Gasteiger partial charge in [-0.1, -0.05) is 0 Å². The van der Waals surface area contributed by atoms with Crippen LogP contribution in [0.1, 0.15) is 20.8 Å². The van der Waals surface area contributed by atoms with Crippen LogP contribution in [-0.2, 0) is 6.54 Å². The van der Waals surface area contributed by atoms with Gasteiger partial charge in [0, 0.05) is 25.0 Å². The largest absolute Gasteiger partial charge is 0.366 e. The molecular weight excluding hydrogens is 277 g/mol. The van der Waals surface area contributed by atoms with Gasteiger partial charge < -0.3 is 21.4 Å². The summed E-state index contributed by atoms with van der Waals surface area (Å²) in [5.41, 5.74) is 10.6. The van der Waals surface area contributed by atoms with Crippen molar-refractivity contribution < 1.29 is 14.0 Å². The third kappa shape index (κ3) is 3.42. The molecule has 1 aromatic carbocycles. The van der Waals surface area contributed by atoms with E-state index in [1.807, 2.05) is 0 Å². The number of anilines is 1. The van der Waals surface area contributed by atoms with Crippen molar-refractivity contribution >= 4 is 17.5 Å². The fourth-order valence-electron chi connectivity index (χ4n) is 1.74. The predicted octanol–water partition coefficient (Wildman–Crippen LogP) is 0.332. The molecule has 2 amide bonds. The van der Waals surface area contributed by atoms with E-state index in [9.17, 15) is 14.0 Å². The van der Waals surface area contributed by atoms with Gasteiger partial charge in [0.2, 0.25) is 0 Å². The number of imidazole rings is 1. The van der Waals surface area contributed by atoms with Crippen molar-refractivity contribution in [2.45, 2.75) is 6.54 Å². The number of hydrogen-bond acceptors (Lipinski definition) is 4. The topological polar surface area (TPSA) is 116 Å². The van der Waals surface area contributed by atoms with Crippen LogP contribution in [0, 0.1) is 5.82 Å². The Morgan fingerprint density at radius 3 is 2.81 bits per heavy atom. The van der Waals surface area contributed by atoms with Gasteiger partial charge in [0.1, 0.15) is 11.5 Å². The molecular formula is C13H14FN5O2. The Morgan fingerprint density at radius 1 is 1.38 bits per heavy atom. The van der Waals surface area contributed by atoms with Crippen LogP contribution in [0.5, 0.6) is 0 Å². The average Bonchev–Trinajstić information content (AvgIpc) is 2.90. The SMILES string of the molecule is NCCn1cnc(C(=O)Nc2ccc(F)c(C(N)=O)c2)c1. The first-order chi connectivity index (χ1) is 10.0. The summed E-state index contributed by atoms with van der Waals surface area (Å²) in [5, 5.41) is 2.52. The number of carbonyl (C=O) groups excluding carboxylic acids is 2. The number of carbonyl (C=O) groups is 2. The zero-order chi connectivity index (χ0) is 15.4. The summed E-state index contributed by atoms with van der Waals surface area (Å²) in [6.07, 6.45) is 3.03. The van der Waals surface area contributed by atoms with Gasteiger partial charge >= 0.3 is 0 Å². The molecule has 0 aliphatic rings. The third-order valence-corrected chi connectivity index (χ3v) is 2.74. The summed E-state index contributed by atoms with van der Waals surface area (Å²) in [6, 6.07) is 3.56. The van der Waals surface area contributed by atoms with Crippen molar-refractivity contribution in [3.8, 4) is 0 Å². The number of benzene rings is 1. The Morgan fingerprint density at radius 2 is 2.14 bits per heavy atom. The molecule has 0 aliphatic carbocycles. The van der Waals surface area contributed by atoms with Crippen molar-refractivity contribution in [3.63, 3.8) is 0 Å². The number of primary amides is 1. The molecule has 0 radical (unpaired) electrons. The quantitative estimate of drug-likeness (QED) is 0.736. The van der Waals surface area contributed by atoms with E-state index in [0.717, 1.165) is 6.07 Å². The first-order valence-corrected chi connectivity index (χ1v) is 6.14. The normalized spacial score (nSPS) is 10.4. The predicted molar refractivity (Wildman–Crippen MR) is 74.2 cm³/mol. The molecule has 2 rings (SSSR count). The van der Waals surface area contributed by atoms with Gasteiger partial charge in [0.15, 0.2) is 0 Å². The minimum absolute atomic E-state index is 0.188. The van der Waals surface area contributed by atoms with E-state index in [-0.39, 0.29) is 16.9 Å². The monoisotopic (exact) mass is 291 g/mol. The smallest absolute Gasteiger partial charge is 0.275 e. The number of nitrogens with one attached hydrogen (secondary N) is 1. The standard InChI is InChI=1S/C13H14FN5O2/c14-10-2-1-8(5-9(10)12(16)20)18-13(21)11-6-19(4-3-15)7-17-11/h1-2,5-7H,3-4,15H2,(H2,16,20)(H,18,21). The van der Waals surface area contributed by atoms with Crippen LogP contribution in [0.4, 0.5) is 10.1 Å². The zero-order valence-electron chi connectivity index (χ0n) is 11.0. The van der Waals surface area contributed by atoms with Gasteiger partial charge in [-0.25, -0.2) is 9.37 Å². The lowest BCUT2D eigenvalue weighted by molar-refractivity contribution is 0.0992. The Balaban J connectivity index is 2.15. The van der Waals surface area contributed by atoms with Gasteiger partial charge in [-0.15, -0.1) is 0 Å². The summed E-state index contributed by atoms with van der Waals surface area (Å²) in [6.45, 7) is 0.972. The highest BCUT2D eigenvalue weighted by Crippen LogP contribution is 2.15. The maximum Gasteiger partial charge on any atom is 0.275 e. The van der Waals surface area contributed by atoms with Crippen molar-refractivity contribution in [1.29, 1.82) is 0 Å². The summed E-state index contributed by atoms with van der Waals surface area (Å²) >= 11 is 0. The van der Waals surface area contributed by atoms with E-state index in [4.69, 9.17) is 11.5 Å². The van der Waals surface area contributed by atoms with Gasteiger partial charge in [-0.3, -0.25) is 9.59 Å². The molecule has 1 aromatic heterocycles. The van der Waals surface area contributed by atoms with Crippen LogP contribution in [0.3, 0.4) is 0 Å². The molecule has 0 saturated heterocycles. The summed E-state index contributed by atoms with van der Waals surface area (Å²) < 4.78 is 15.0. The minimum Gasteiger partial charge on any atom is -0.366 e. The zero-order valence-corrected chi connectivity index (χ0v) is 11.0. The molecule has 2 aromatic rings. The van der Waals surface area contributed by atoms with Crippen LogP contribution in [0.25, 0.3) is 0 Å². The second-order valence-corrected chi connectivity index (χ2v) is 4.30. The van der Waals surface area contributed by atoms with Crippen molar-refractivity contribution in [1.82, 2.24) is 9.55 Å². The highest BCUT2D eigenvalue weighted by molar-refractivity contribution is 6.03. The molecule has 7 nitrogen and oxygen atoms in total. The lowest BCUT2D eigenvalue weighted by atomic mass is 10.1. The second kappa shape index (κ2) is 6.14. The first-order valence-electron chi connectivity index (χ1n) is 6.14. The van der Waals surface area contributed by atoms with Gasteiger partial charge in [-0.2, -0.15) is 0 Å². The highest BCUT2D eigenvalue weighted by atomic mass is 19.1. The number of hydrogen-bond donors (Lipinski definition) is 3. The Labute approximate surface area is 119 Å². The van der Waals surface area contributed by atoms with Gasteiger partial charge in [-0.05, 0) is 18.2 Å². The molecule has 0 bridgehead atoms. The van der Waals surface area contributed by atoms with Crippen molar-refractivity contribution in [3.05, 3.63) is 47.8 Å². The maximum absolute atomic E-state index is 13.3. The van der Waals surface area contributed by atoms with Crippen LogP contribution < -0.4 is 16.8 Å².